The zero-order chi connectivity index (χ0) is 14.0. The molecule has 106 valence electrons. The number of ether oxygens (including phenoxy) is 1. The van der Waals surface area contributed by atoms with E-state index in [2.05, 4.69) is 5.32 Å². The van der Waals surface area contributed by atoms with Crippen molar-refractivity contribution < 1.29 is 9.53 Å². The first-order valence-electron chi connectivity index (χ1n) is 6.34. The van der Waals surface area contributed by atoms with E-state index in [-0.39, 0.29) is 17.7 Å². The number of nitrogens with two attached hydrogens (primary N) is 1. The smallest absolute Gasteiger partial charge is 0.178 e. The molecule has 1 aromatic heterocycles. The maximum Gasteiger partial charge on any atom is 0.178 e. The van der Waals surface area contributed by atoms with Crippen LogP contribution in [0.5, 0.6) is 0 Å². The third kappa shape index (κ3) is 3.24. The van der Waals surface area contributed by atoms with Crippen LogP contribution in [0.4, 0.5) is 10.7 Å². The number of rotatable bonds is 7. The molecule has 4 nitrogen and oxygen atoms in total. The summed E-state index contributed by atoms with van der Waals surface area (Å²) in [7, 11) is 1.68. The minimum Gasteiger partial charge on any atom is -0.396 e. The first kappa shape index (κ1) is 14.7. The van der Waals surface area contributed by atoms with E-state index in [1.807, 2.05) is 13.2 Å². The highest BCUT2D eigenvalue weighted by Crippen LogP contribution is 2.45. The van der Waals surface area contributed by atoms with E-state index in [4.69, 9.17) is 10.5 Å². The fraction of sp³-hybridized carbons (Fsp3) is 0.615. The topological polar surface area (TPSA) is 64.3 Å². The minimum atomic E-state index is 0.192. The first-order valence-corrected chi connectivity index (χ1v) is 8.38. The van der Waals surface area contributed by atoms with Crippen molar-refractivity contribution in [2.24, 2.45) is 5.92 Å². The van der Waals surface area contributed by atoms with Gasteiger partial charge in [0, 0.05) is 19.1 Å². The van der Waals surface area contributed by atoms with E-state index in [1.54, 1.807) is 18.9 Å². The van der Waals surface area contributed by atoms with Gasteiger partial charge >= 0.3 is 0 Å². The Balaban J connectivity index is 2.22. The van der Waals surface area contributed by atoms with Crippen molar-refractivity contribution in [1.82, 2.24) is 0 Å². The third-order valence-corrected chi connectivity index (χ3v) is 5.18. The molecule has 19 heavy (non-hydrogen) atoms. The number of thiophene rings is 1. The number of hydrogen-bond acceptors (Lipinski definition) is 6. The van der Waals surface area contributed by atoms with Crippen molar-refractivity contribution >= 4 is 39.6 Å². The number of carbonyl (C=O) groups excluding carboxylic acids is 1. The lowest BCUT2D eigenvalue weighted by molar-refractivity contribution is 0.0972. The molecule has 0 spiro atoms. The van der Waals surface area contributed by atoms with E-state index in [1.165, 1.54) is 11.3 Å². The molecule has 0 aromatic carbocycles. The van der Waals surface area contributed by atoms with Crippen LogP contribution in [-0.4, -0.2) is 31.8 Å². The Morgan fingerprint density at radius 3 is 2.84 bits per heavy atom. The molecule has 0 saturated heterocycles. The van der Waals surface area contributed by atoms with Gasteiger partial charge in [-0.3, -0.25) is 4.79 Å². The molecule has 1 atom stereocenters. The summed E-state index contributed by atoms with van der Waals surface area (Å²) in [4.78, 5) is 13.9. The molecule has 1 saturated carbocycles. The fourth-order valence-electron chi connectivity index (χ4n) is 1.96. The maximum absolute atomic E-state index is 12.2. The summed E-state index contributed by atoms with van der Waals surface area (Å²) in [6.45, 7) is 2.67. The van der Waals surface area contributed by atoms with E-state index < -0.39 is 0 Å². The molecule has 1 aliphatic carbocycles. The van der Waals surface area contributed by atoms with Gasteiger partial charge in [0.15, 0.2) is 5.78 Å². The Morgan fingerprint density at radius 2 is 2.32 bits per heavy atom. The van der Waals surface area contributed by atoms with Crippen LogP contribution in [0, 0.1) is 5.92 Å². The highest BCUT2D eigenvalue weighted by molar-refractivity contribution is 7.99. The Labute approximate surface area is 122 Å². The quantitative estimate of drug-likeness (QED) is 0.598. The van der Waals surface area contributed by atoms with Gasteiger partial charge in [-0.25, -0.2) is 0 Å². The van der Waals surface area contributed by atoms with Gasteiger partial charge in [0.1, 0.15) is 5.00 Å². The summed E-state index contributed by atoms with van der Waals surface area (Å²) in [6, 6.07) is 0.192. The number of nitrogens with one attached hydrogen (secondary N) is 1. The van der Waals surface area contributed by atoms with Gasteiger partial charge in [0.2, 0.25) is 0 Å². The molecule has 1 aromatic rings. The number of nitrogen functional groups attached to an aromatic ring is 1. The Bertz CT molecular complexity index is 469. The average molecular weight is 300 g/mol. The molecule has 0 radical (unpaired) electrons. The lowest BCUT2D eigenvalue weighted by Crippen LogP contribution is -2.20. The molecule has 6 heteroatoms. The van der Waals surface area contributed by atoms with Gasteiger partial charge in [-0.15, -0.1) is 23.1 Å². The van der Waals surface area contributed by atoms with Crippen LogP contribution in [0.15, 0.2) is 4.90 Å². The number of ketones is 1. The number of thioether (sulfide) groups is 1. The Hall–Kier alpha value is -0.720. The molecular weight excluding hydrogens is 280 g/mol. The zero-order valence-electron chi connectivity index (χ0n) is 11.5. The molecule has 0 bridgehead atoms. The van der Waals surface area contributed by atoms with Crippen molar-refractivity contribution in [2.75, 3.05) is 31.0 Å². The lowest BCUT2D eigenvalue weighted by atomic mass is 10.2. The van der Waals surface area contributed by atoms with Gasteiger partial charge in [-0.1, -0.05) is 0 Å². The van der Waals surface area contributed by atoms with Crippen molar-refractivity contribution in [3.8, 4) is 0 Å². The largest absolute Gasteiger partial charge is 0.396 e. The van der Waals surface area contributed by atoms with E-state index in [0.29, 0.717) is 12.3 Å². The molecule has 1 aliphatic rings. The number of Topliss-reactive ketones (excluding diaryl/α,β-unsaturated/α-hetero) is 1. The molecule has 0 amide bonds. The Morgan fingerprint density at radius 1 is 1.63 bits per heavy atom. The van der Waals surface area contributed by atoms with Crippen LogP contribution in [0.3, 0.4) is 0 Å². The van der Waals surface area contributed by atoms with Gasteiger partial charge < -0.3 is 15.8 Å². The predicted octanol–water partition coefficient (Wildman–Crippen LogP) is 3.09. The van der Waals surface area contributed by atoms with Crippen molar-refractivity contribution in [3.05, 3.63) is 4.88 Å². The molecule has 2 rings (SSSR count). The standard InChI is InChI=1S/C13H20N2O2S2/c1-7(6-17-2)15-13-12(18-3)9(14)11(19-13)10(16)8-4-5-8/h7-8,15H,4-6,14H2,1-3H3. The monoisotopic (exact) mass is 300 g/mol. The summed E-state index contributed by atoms with van der Waals surface area (Å²) < 4.78 is 5.12. The number of carbonyl (C=O) groups is 1. The number of methoxy groups -OCH3 is 1. The number of hydrogen-bond donors (Lipinski definition) is 2. The molecule has 1 heterocycles. The summed E-state index contributed by atoms with van der Waals surface area (Å²) in [5.74, 6) is 0.421. The molecule has 1 unspecified atom stereocenters. The molecular formula is C13H20N2O2S2. The van der Waals surface area contributed by atoms with Crippen LogP contribution >= 0.6 is 23.1 Å². The molecule has 0 aliphatic heterocycles. The second kappa shape index (κ2) is 6.15. The normalized spacial score (nSPS) is 16.4. The van der Waals surface area contributed by atoms with Crippen molar-refractivity contribution in [1.29, 1.82) is 0 Å². The van der Waals surface area contributed by atoms with Gasteiger partial charge in [-0.2, -0.15) is 0 Å². The van der Waals surface area contributed by atoms with Crippen LogP contribution in [0.25, 0.3) is 0 Å². The lowest BCUT2D eigenvalue weighted by Gasteiger charge is -2.13. The summed E-state index contributed by atoms with van der Waals surface area (Å²) in [5.41, 5.74) is 6.77. The zero-order valence-corrected chi connectivity index (χ0v) is 13.1. The summed E-state index contributed by atoms with van der Waals surface area (Å²) >= 11 is 3.06. The summed E-state index contributed by atoms with van der Waals surface area (Å²) in [6.07, 6.45) is 4.00. The van der Waals surface area contributed by atoms with Gasteiger partial charge in [0.25, 0.3) is 0 Å². The van der Waals surface area contributed by atoms with E-state index in [9.17, 15) is 4.79 Å². The van der Waals surface area contributed by atoms with Gasteiger partial charge in [-0.05, 0) is 26.0 Å². The second-order valence-electron chi connectivity index (χ2n) is 4.85. The highest BCUT2D eigenvalue weighted by atomic mass is 32.2. The van der Waals surface area contributed by atoms with E-state index in [0.717, 1.165) is 27.6 Å². The van der Waals surface area contributed by atoms with E-state index >= 15 is 0 Å². The maximum atomic E-state index is 12.2. The fourth-order valence-corrected chi connectivity index (χ4v) is 4.11. The Kier molecular flexibility index (Phi) is 4.76. The SMILES string of the molecule is COCC(C)Nc1sc(C(=O)C2CC2)c(N)c1SC. The molecule has 3 N–H and O–H groups in total. The minimum absolute atomic E-state index is 0.192. The molecule has 1 fully saturated rings. The van der Waals surface area contributed by atoms with Crippen molar-refractivity contribution in [2.45, 2.75) is 30.7 Å². The van der Waals surface area contributed by atoms with Crippen LogP contribution in [-0.2, 0) is 4.74 Å². The number of anilines is 2. The van der Waals surface area contributed by atoms with Gasteiger partial charge in [0.05, 0.1) is 22.1 Å². The third-order valence-electron chi connectivity index (χ3n) is 3.07. The van der Waals surface area contributed by atoms with Crippen LogP contribution in [0.1, 0.15) is 29.4 Å². The first-order chi connectivity index (χ1) is 9.08. The summed E-state index contributed by atoms with van der Waals surface area (Å²) in [5, 5.41) is 4.36. The average Bonchev–Trinajstić information content (AvgIpc) is 3.15. The predicted molar refractivity (Wildman–Crippen MR) is 82.5 cm³/mol. The highest BCUT2D eigenvalue weighted by Gasteiger charge is 2.34. The van der Waals surface area contributed by atoms with Crippen LogP contribution < -0.4 is 11.1 Å². The van der Waals surface area contributed by atoms with Crippen molar-refractivity contribution in [3.63, 3.8) is 0 Å². The van der Waals surface area contributed by atoms with Crippen LogP contribution in [0.2, 0.25) is 0 Å². The second-order valence-corrected chi connectivity index (χ2v) is 6.68.